The number of nitrogens with zero attached hydrogens (tertiary/aromatic N) is 3. The molecule has 0 bridgehead atoms. The highest BCUT2D eigenvalue weighted by atomic mass is 79.9. The van der Waals surface area contributed by atoms with E-state index in [0.29, 0.717) is 11.4 Å². The van der Waals surface area contributed by atoms with Gasteiger partial charge in [0.25, 0.3) is 0 Å². The zero-order chi connectivity index (χ0) is 11.7. The van der Waals surface area contributed by atoms with Gasteiger partial charge in [0.2, 0.25) is 0 Å². The number of pyridine rings is 1. The van der Waals surface area contributed by atoms with Gasteiger partial charge < -0.3 is 5.11 Å². The van der Waals surface area contributed by atoms with Crippen molar-refractivity contribution in [2.45, 2.75) is 0 Å². The summed E-state index contributed by atoms with van der Waals surface area (Å²) in [5.41, 5.74) is 1.30. The summed E-state index contributed by atoms with van der Waals surface area (Å²) in [7, 11) is 1.59. The predicted molar refractivity (Wildman–Crippen MR) is 61.1 cm³/mol. The van der Waals surface area contributed by atoms with Gasteiger partial charge in [-0.3, -0.25) is 9.67 Å². The van der Waals surface area contributed by atoms with E-state index in [9.17, 15) is 4.79 Å². The molecule has 0 aliphatic carbocycles. The topological polar surface area (TPSA) is 68.0 Å². The number of aromatic carboxylic acids is 1. The standard InChI is InChI=1S/C10H8BrN3O2/c1-14-8(10(15)16)5-7(13-14)9-6(11)3-2-4-12-9/h2-5H,1H3,(H,15,16). The summed E-state index contributed by atoms with van der Waals surface area (Å²) in [6.07, 6.45) is 1.63. The number of hydrogen-bond donors (Lipinski definition) is 1. The Bertz CT molecular complexity index is 551. The lowest BCUT2D eigenvalue weighted by Crippen LogP contribution is -2.04. The van der Waals surface area contributed by atoms with E-state index in [1.165, 1.54) is 10.7 Å². The minimum Gasteiger partial charge on any atom is -0.477 e. The molecule has 0 aliphatic rings. The van der Waals surface area contributed by atoms with Crippen molar-refractivity contribution >= 4 is 21.9 Å². The highest BCUT2D eigenvalue weighted by Crippen LogP contribution is 2.24. The van der Waals surface area contributed by atoms with Gasteiger partial charge in [-0.1, -0.05) is 0 Å². The number of carboxylic acid groups (broad SMARTS) is 1. The van der Waals surface area contributed by atoms with E-state index in [1.54, 1.807) is 19.3 Å². The second-order valence-corrected chi connectivity index (χ2v) is 4.03. The summed E-state index contributed by atoms with van der Waals surface area (Å²) in [4.78, 5) is 15.0. The second-order valence-electron chi connectivity index (χ2n) is 3.18. The highest BCUT2D eigenvalue weighted by Gasteiger charge is 2.14. The fourth-order valence-corrected chi connectivity index (χ4v) is 1.82. The van der Waals surface area contributed by atoms with Gasteiger partial charge >= 0.3 is 5.97 Å². The Morgan fingerprint density at radius 3 is 2.88 bits per heavy atom. The minimum atomic E-state index is -1.01. The van der Waals surface area contributed by atoms with E-state index in [-0.39, 0.29) is 5.69 Å². The largest absolute Gasteiger partial charge is 0.477 e. The van der Waals surface area contributed by atoms with Crippen molar-refractivity contribution in [1.82, 2.24) is 14.8 Å². The average Bonchev–Trinajstić information content (AvgIpc) is 2.61. The monoisotopic (exact) mass is 281 g/mol. The zero-order valence-corrected chi connectivity index (χ0v) is 9.97. The molecular formula is C10H8BrN3O2. The third kappa shape index (κ3) is 1.83. The molecule has 1 N–H and O–H groups in total. The van der Waals surface area contributed by atoms with Gasteiger partial charge in [0, 0.05) is 23.8 Å². The highest BCUT2D eigenvalue weighted by molar-refractivity contribution is 9.10. The van der Waals surface area contributed by atoms with Crippen LogP contribution in [0.15, 0.2) is 28.9 Å². The fraction of sp³-hybridized carbons (Fsp3) is 0.100. The summed E-state index contributed by atoms with van der Waals surface area (Å²) in [5.74, 6) is -1.01. The van der Waals surface area contributed by atoms with Crippen LogP contribution in [0.3, 0.4) is 0 Å². The molecule has 0 fully saturated rings. The molecule has 0 saturated heterocycles. The summed E-state index contributed by atoms with van der Waals surface area (Å²) >= 11 is 3.34. The first-order chi connectivity index (χ1) is 7.59. The minimum absolute atomic E-state index is 0.132. The third-order valence-electron chi connectivity index (χ3n) is 2.10. The Morgan fingerprint density at radius 1 is 1.56 bits per heavy atom. The van der Waals surface area contributed by atoms with Crippen LogP contribution in [0.4, 0.5) is 0 Å². The lowest BCUT2D eigenvalue weighted by molar-refractivity contribution is 0.0685. The molecule has 0 aliphatic heterocycles. The molecule has 2 rings (SSSR count). The van der Waals surface area contributed by atoms with E-state index >= 15 is 0 Å². The van der Waals surface area contributed by atoms with Crippen molar-refractivity contribution < 1.29 is 9.90 Å². The molecule has 0 saturated carbocycles. The van der Waals surface area contributed by atoms with Crippen molar-refractivity contribution in [3.63, 3.8) is 0 Å². The zero-order valence-electron chi connectivity index (χ0n) is 8.38. The Hall–Kier alpha value is -1.69. The number of halogens is 1. The predicted octanol–water partition coefficient (Wildman–Crippen LogP) is 1.94. The summed E-state index contributed by atoms with van der Waals surface area (Å²) in [6, 6.07) is 5.11. The molecule has 0 aromatic carbocycles. The number of hydrogen-bond acceptors (Lipinski definition) is 3. The van der Waals surface area contributed by atoms with Crippen LogP contribution in [0.2, 0.25) is 0 Å². The number of aromatic nitrogens is 3. The van der Waals surface area contributed by atoms with Crippen LogP contribution in [0.5, 0.6) is 0 Å². The number of carbonyl (C=O) groups is 1. The van der Waals surface area contributed by atoms with E-state index < -0.39 is 5.97 Å². The molecular weight excluding hydrogens is 274 g/mol. The summed E-state index contributed by atoms with van der Waals surface area (Å²) in [5, 5.41) is 13.0. The molecule has 5 nitrogen and oxygen atoms in total. The maximum absolute atomic E-state index is 10.9. The van der Waals surface area contributed by atoms with Gasteiger partial charge in [-0.2, -0.15) is 5.10 Å². The van der Waals surface area contributed by atoms with Gasteiger partial charge in [0.1, 0.15) is 17.1 Å². The Kier molecular flexibility index (Phi) is 2.74. The molecule has 0 amide bonds. The first-order valence-corrected chi connectivity index (χ1v) is 5.27. The molecule has 0 atom stereocenters. The van der Waals surface area contributed by atoms with Crippen LogP contribution >= 0.6 is 15.9 Å². The maximum atomic E-state index is 10.9. The lowest BCUT2D eigenvalue weighted by Gasteiger charge is -1.97. The van der Waals surface area contributed by atoms with Crippen LogP contribution in [0.1, 0.15) is 10.5 Å². The maximum Gasteiger partial charge on any atom is 0.354 e. The smallest absolute Gasteiger partial charge is 0.354 e. The van der Waals surface area contributed by atoms with Crippen LogP contribution in [-0.2, 0) is 7.05 Å². The Balaban J connectivity index is 2.54. The molecule has 6 heteroatoms. The van der Waals surface area contributed by atoms with Crippen molar-refractivity contribution in [2.24, 2.45) is 7.05 Å². The number of rotatable bonds is 2. The molecule has 2 heterocycles. The fourth-order valence-electron chi connectivity index (χ4n) is 1.36. The molecule has 0 spiro atoms. The SMILES string of the molecule is Cn1nc(-c2ncccc2Br)cc1C(=O)O. The van der Waals surface area contributed by atoms with Gasteiger partial charge in [-0.25, -0.2) is 4.79 Å². The van der Waals surface area contributed by atoms with Crippen LogP contribution in [0, 0.1) is 0 Å². The van der Waals surface area contributed by atoms with Crippen LogP contribution in [0.25, 0.3) is 11.4 Å². The van der Waals surface area contributed by atoms with Crippen molar-refractivity contribution in [3.8, 4) is 11.4 Å². The first-order valence-electron chi connectivity index (χ1n) is 4.48. The molecule has 0 radical (unpaired) electrons. The molecule has 0 unspecified atom stereocenters. The van der Waals surface area contributed by atoms with Crippen LogP contribution in [-0.4, -0.2) is 25.8 Å². The Morgan fingerprint density at radius 2 is 2.31 bits per heavy atom. The summed E-state index contributed by atoms with van der Waals surface area (Å²) in [6.45, 7) is 0. The Labute approximate surface area is 99.9 Å². The van der Waals surface area contributed by atoms with E-state index in [4.69, 9.17) is 5.11 Å². The van der Waals surface area contributed by atoms with Gasteiger partial charge in [-0.05, 0) is 28.1 Å². The third-order valence-corrected chi connectivity index (χ3v) is 2.74. The summed E-state index contributed by atoms with van der Waals surface area (Å²) < 4.78 is 2.10. The molecule has 2 aromatic heterocycles. The van der Waals surface area contributed by atoms with E-state index in [2.05, 4.69) is 26.0 Å². The quantitative estimate of drug-likeness (QED) is 0.914. The van der Waals surface area contributed by atoms with Crippen molar-refractivity contribution in [3.05, 3.63) is 34.6 Å². The first kappa shape index (κ1) is 10.8. The van der Waals surface area contributed by atoms with Gasteiger partial charge in [0.15, 0.2) is 0 Å². The van der Waals surface area contributed by atoms with Crippen molar-refractivity contribution in [2.75, 3.05) is 0 Å². The molecule has 82 valence electrons. The average molecular weight is 282 g/mol. The van der Waals surface area contributed by atoms with Crippen LogP contribution < -0.4 is 0 Å². The normalized spacial score (nSPS) is 10.4. The number of aryl methyl sites for hydroxylation is 1. The second kappa shape index (κ2) is 4.05. The molecule has 2 aromatic rings. The van der Waals surface area contributed by atoms with E-state index in [1.807, 2.05) is 6.07 Å². The van der Waals surface area contributed by atoms with E-state index in [0.717, 1.165) is 4.47 Å². The lowest BCUT2D eigenvalue weighted by atomic mass is 10.2. The van der Waals surface area contributed by atoms with Crippen molar-refractivity contribution in [1.29, 1.82) is 0 Å². The molecule has 16 heavy (non-hydrogen) atoms. The van der Waals surface area contributed by atoms with Gasteiger partial charge in [-0.15, -0.1) is 0 Å². The number of carboxylic acids is 1. The van der Waals surface area contributed by atoms with Gasteiger partial charge in [0.05, 0.1) is 0 Å².